The molecule has 0 saturated heterocycles. The monoisotopic (exact) mass is 228 g/mol. The standard InChI is InChI=1S/C11H20N2O3/c1-6(2)8(9(14)15)13-10(16)12-7-5-11(7,3)4/h6-8H,5H2,1-4H3,(H,14,15)(H2,12,13,16)/t7?,8-/m0/s1. The lowest BCUT2D eigenvalue weighted by molar-refractivity contribution is -0.140. The highest BCUT2D eigenvalue weighted by molar-refractivity contribution is 5.83. The van der Waals surface area contributed by atoms with E-state index in [4.69, 9.17) is 5.11 Å². The summed E-state index contributed by atoms with van der Waals surface area (Å²) in [5, 5.41) is 14.1. The number of carbonyl (C=O) groups is 2. The molecule has 0 heterocycles. The Bertz CT molecular complexity index is 300. The van der Waals surface area contributed by atoms with Gasteiger partial charge < -0.3 is 15.7 Å². The summed E-state index contributed by atoms with van der Waals surface area (Å²) in [6.45, 7) is 7.66. The molecule has 0 spiro atoms. The van der Waals surface area contributed by atoms with E-state index in [0.29, 0.717) is 0 Å². The Kier molecular flexibility index (Phi) is 3.45. The van der Waals surface area contributed by atoms with Crippen LogP contribution >= 0.6 is 0 Å². The van der Waals surface area contributed by atoms with Crippen LogP contribution in [-0.2, 0) is 4.79 Å². The quantitative estimate of drug-likeness (QED) is 0.676. The minimum Gasteiger partial charge on any atom is -0.480 e. The van der Waals surface area contributed by atoms with E-state index in [1.54, 1.807) is 13.8 Å². The van der Waals surface area contributed by atoms with Crippen molar-refractivity contribution in [1.82, 2.24) is 10.6 Å². The maximum Gasteiger partial charge on any atom is 0.326 e. The first kappa shape index (κ1) is 12.8. The predicted octanol–water partition coefficient (Wildman–Crippen LogP) is 1.19. The molecular weight excluding hydrogens is 208 g/mol. The molecule has 1 unspecified atom stereocenters. The zero-order valence-corrected chi connectivity index (χ0v) is 10.2. The van der Waals surface area contributed by atoms with Crippen molar-refractivity contribution in [2.75, 3.05) is 0 Å². The SMILES string of the molecule is CC(C)[C@H](NC(=O)NC1CC1(C)C)C(=O)O. The highest BCUT2D eigenvalue weighted by atomic mass is 16.4. The van der Waals surface area contributed by atoms with E-state index in [9.17, 15) is 9.59 Å². The number of urea groups is 1. The molecule has 2 amide bonds. The van der Waals surface area contributed by atoms with Crippen molar-refractivity contribution in [2.45, 2.75) is 46.2 Å². The van der Waals surface area contributed by atoms with E-state index in [1.807, 2.05) is 0 Å². The molecule has 0 radical (unpaired) electrons. The maximum atomic E-state index is 11.5. The largest absolute Gasteiger partial charge is 0.480 e. The van der Waals surface area contributed by atoms with E-state index < -0.39 is 18.0 Å². The summed E-state index contributed by atoms with van der Waals surface area (Å²) in [5.74, 6) is -1.13. The average Bonchev–Trinajstić information content (AvgIpc) is 2.68. The molecule has 1 rings (SSSR count). The van der Waals surface area contributed by atoms with Gasteiger partial charge in [-0.15, -0.1) is 0 Å². The van der Waals surface area contributed by atoms with Crippen molar-refractivity contribution in [2.24, 2.45) is 11.3 Å². The second-order valence-electron chi connectivity index (χ2n) is 5.42. The van der Waals surface area contributed by atoms with Crippen molar-refractivity contribution in [3.63, 3.8) is 0 Å². The van der Waals surface area contributed by atoms with Crippen LogP contribution in [0.2, 0.25) is 0 Å². The highest BCUT2D eigenvalue weighted by Crippen LogP contribution is 2.44. The molecule has 0 bridgehead atoms. The van der Waals surface area contributed by atoms with Gasteiger partial charge in [-0.3, -0.25) is 0 Å². The summed E-state index contributed by atoms with van der Waals surface area (Å²) in [7, 11) is 0. The summed E-state index contributed by atoms with van der Waals surface area (Å²) in [5.41, 5.74) is 0.147. The van der Waals surface area contributed by atoms with Gasteiger partial charge in [-0.05, 0) is 17.8 Å². The van der Waals surface area contributed by atoms with Crippen molar-refractivity contribution in [3.05, 3.63) is 0 Å². The first-order valence-electron chi connectivity index (χ1n) is 5.54. The molecule has 0 aliphatic heterocycles. The first-order chi connectivity index (χ1) is 7.24. The molecule has 1 saturated carbocycles. The number of aliphatic carboxylic acids is 1. The third-order valence-electron chi connectivity index (χ3n) is 3.04. The van der Waals surface area contributed by atoms with E-state index in [1.165, 1.54) is 0 Å². The van der Waals surface area contributed by atoms with Crippen LogP contribution in [-0.4, -0.2) is 29.2 Å². The van der Waals surface area contributed by atoms with Gasteiger partial charge in [-0.2, -0.15) is 0 Å². The Morgan fingerprint density at radius 2 is 1.88 bits per heavy atom. The van der Waals surface area contributed by atoms with E-state index in [-0.39, 0.29) is 17.4 Å². The van der Waals surface area contributed by atoms with Crippen molar-refractivity contribution in [3.8, 4) is 0 Å². The molecule has 2 atom stereocenters. The van der Waals surface area contributed by atoms with Gasteiger partial charge in [-0.25, -0.2) is 9.59 Å². The number of rotatable bonds is 4. The number of carbonyl (C=O) groups excluding carboxylic acids is 1. The van der Waals surface area contributed by atoms with Crippen molar-refractivity contribution < 1.29 is 14.7 Å². The van der Waals surface area contributed by atoms with Crippen LogP contribution in [0.5, 0.6) is 0 Å². The Labute approximate surface area is 95.6 Å². The summed E-state index contributed by atoms with van der Waals surface area (Å²) in [6.07, 6.45) is 0.944. The predicted molar refractivity (Wildman–Crippen MR) is 60.1 cm³/mol. The number of carboxylic acid groups (broad SMARTS) is 1. The van der Waals surface area contributed by atoms with E-state index >= 15 is 0 Å². The van der Waals surface area contributed by atoms with Gasteiger partial charge in [0.1, 0.15) is 6.04 Å². The van der Waals surface area contributed by atoms with Gasteiger partial charge in [0, 0.05) is 6.04 Å². The van der Waals surface area contributed by atoms with Crippen LogP contribution in [0.25, 0.3) is 0 Å². The second kappa shape index (κ2) is 4.31. The number of hydrogen-bond donors (Lipinski definition) is 3. The Morgan fingerprint density at radius 1 is 1.38 bits per heavy atom. The van der Waals surface area contributed by atoms with Crippen LogP contribution in [0, 0.1) is 11.3 Å². The van der Waals surface area contributed by atoms with E-state index in [2.05, 4.69) is 24.5 Å². The minimum atomic E-state index is -1.000. The third kappa shape index (κ3) is 3.12. The van der Waals surface area contributed by atoms with Crippen LogP contribution in [0.4, 0.5) is 4.79 Å². The molecule has 1 aliphatic carbocycles. The molecule has 16 heavy (non-hydrogen) atoms. The third-order valence-corrected chi connectivity index (χ3v) is 3.04. The number of amides is 2. The van der Waals surface area contributed by atoms with Crippen molar-refractivity contribution in [1.29, 1.82) is 0 Å². The molecule has 1 aliphatic rings. The molecule has 0 aromatic carbocycles. The summed E-state index contributed by atoms with van der Waals surface area (Å²) in [6, 6.07) is -1.06. The maximum absolute atomic E-state index is 11.5. The number of hydrogen-bond acceptors (Lipinski definition) is 2. The molecule has 0 aromatic rings. The van der Waals surface area contributed by atoms with E-state index in [0.717, 1.165) is 6.42 Å². The molecule has 3 N–H and O–H groups in total. The van der Waals surface area contributed by atoms with Crippen LogP contribution in [0.1, 0.15) is 34.1 Å². The van der Waals surface area contributed by atoms with Crippen molar-refractivity contribution >= 4 is 12.0 Å². The topological polar surface area (TPSA) is 78.4 Å². The number of nitrogens with one attached hydrogen (secondary N) is 2. The van der Waals surface area contributed by atoms with Crippen LogP contribution in [0.15, 0.2) is 0 Å². The molecule has 0 aromatic heterocycles. The van der Waals surface area contributed by atoms with Gasteiger partial charge in [0.2, 0.25) is 0 Å². The lowest BCUT2D eigenvalue weighted by atomic mass is 10.1. The molecule has 1 fully saturated rings. The lowest BCUT2D eigenvalue weighted by Gasteiger charge is -2.18. The zero-order valence-electron chi connectivity index (χ0n) is 10.2. The van der Waals surface area contributed by atoms with Gasteiger partial charge >= 0.3 is 12.0 Å². The molecule has 5 nitrogen and oxygen atoms in total. The normalized spacial score (nSPS) is 23.7. The lowest BCUT2D eigenvalue weighted by Crippen LogP contribution is -2.49. The second-order valence-corrected chi connectivity index (χ2v) is 5.42. The smallest absolute Gasteiger partial charge is 0.326 e. The summed E-state index contributed by atoms with van der Waals surface area (Å²) < 4.78 is 0. The fraction of sp³-hybridized carbons (Fsp3) is 0.818. The Morgan fingerprint density at radius 3 is 2.19 bits per heavy atom. The van der Waals surface area contributed by atoms with Gasteiger partial charge in [-0.1, -0.05) is 27.7 Å². The summed E-state index contributed by atoms with van der Waals surface area (Å²) >= 11 is 0. The Balaban J connectivity index is 2.41. The van der Waals surface area contributed by atoms with Gasteiger partial charge in [0.05, 0.1) is 0 Å². The molecule has 92 valence electrons. The van der Waals surface area contributed by atoms with Crippen LogP contribution in [0.3, 0.4) is 0 Å². The fourth-order valence-corrected chi connectivity index (χ4v) is 1.57. The average molecular weight is 228 g/mol. The zero-order chi connectivity index (χ0) is 12.5. The highest BCUT2D eigenvalue weighted by Gasteiger charge is 2.46. The number of carboxylic acids is 1. The minimum absolute atomic E-state index is 0.129. The van der Waals surface area contributed by atoms with Gasteiger partial charge in [0.25, 0.3) is 0 Å². The summed E-state index contributed by atoms with van der Waals surface area (Å²) in [4.78, 5) is 22.4. The fourth-order valence-electron chi connectivity index (χ4n) is 1.57. The van der Waals surface area contributed by atoms with Gasteiger partial charge in [0.15, 0.2) is 0 Å². The molecular formula is C11H20N2O3. The Hall–Kier alpha value is -1.26. The van der Waals surface area contributed by atoms with Crippen LogP contribution < -0.4 is 10.6 Å². The molecule has 5 heteroatoms. The first-order valence-corrected chi connectivity index (χ1v) is 5.54.